The van der Waals surface area contributed by atoms with E-state index in [1.54, 1.807) is 13.8 Å². The summed E-state index contributed by atoms with van der Waals surface area (Å²) in [5.41, 5.74) is -0.566. The lowest BCUT2D eigenvalue weighted by Gasteiger charge is -2.21. The van der Waals surface area contributed by atoms with Gasteiger partial charge < -0.3 is 15.7 Å². The Morgan fingerprint density at radius 2 is 1.59 bits per heavy atom. The third-order valence-corrected chi connectivity index (χ3v) is 2.09. The number of aliphatic carboxylic acids is 1. The number of hydrogen-bond donors (Lipinski definition) is 3. The highest BCUT2D eigenvalue weighted by Crippen LogP contribution is 2.24. The van der Waals surface area contributed by atoms with Gasteiger partial charge in [0.2, 0.25) is 11.8 Å². The van der Waals surface area contributed by atoms with Crippen molar-refractivity contribution < 1.29 is 19.5 Å². The maximum atomic E-state index is 11.5. The molecule has 0 aliphatic heterocycles. The van der Waals surface area contributed by atoms with Gasteiger partial charge in [0, 0.05) is 26.4 Å². The molecule has 0 aliphatic carbocycles. The first-order valence-electron chi connectivity index (χ1n) is 5.46. The monoisotopic (exact) mass is 244 g/mol. The summed E-state index contributed by atoms with van der Waals surface area (Å²) >= 11 is 0. The minimum absolute atomic E-state index is 0.0495. The molecule has 6 heteroatoms. The number of carboxylic acid groups (broad SMARTS) is 1. The summed E-state index contributed by atoms with van der Waals surface area (Å²) < 4.78 is 0. The van der Waals surface area contributed by atoms with Crippen LogP contribution < -0.4 is 10.6 Å². The molecule has 0 spiro atoms. The fraction of sp³-hybridized carbons (Fsp3) is 0.727. The molecular formula is C11H20N2O4. The van der Waals surface area contributed by atoms with Crippen LogP contribution in [0.15, 0.2) is 0 Å². The first kappa shape index (κ1) is 15.4. The quantitative estimate of drug-likeness (QED) is 0.555. The van der Waals surface area contributed by atoms with E-state index < -0.39 is 11.4 Å². The normalized spacial score (nSPS) is 10.8. The SMILES string of the molecule is CC(=O)NCCNC(=O)CC(C)(C)CC(=O)O. The van der Waals surface area contributed by atoms with Crippen molar-refractivity contribution in [3.05, 3.63) is 0 Å². The minimum Gasteiger partial charge on any atom is -0.481 e. The van der Waals surface area contributed by atoms with E-state index in [2.05, 4.69) is 10.6 Å². The van der Waals surface area contributed by atoms with E-state index >= 15 is 0 Å². The van der Waals surface area contributed by atoms with Crippen molar-refractivity contribution in [3.8, 4) is 0 Å². The van der Waals surface area contributed by atoms with Crippen LogP contribution >= 0.6 is 0 Å². The van der Waals surface area contributed by atoms with E-state index in [-0.39, 0.29) is 24.7 Å². The molecule has 0 saturated carbocycles. The lowest BCUT2D eigenvalue weighted by Crippen LogP contribution is -2.36. The lowest BCUT2D eigenvalue weighted by molar-refractivity contribution is -0.139. The molecule has 2 amide bonds. The summed E-state index contributed by atoms with van der Waals surface area (Å²) in [6.07, 6.45) is 0.103. The molecule has 0 aromatic heterocycles. The number of carboxylic acids is 1. The van der Waals surface area contributed by atoms with Gasteiger partial charge in [-0.2, -0.15) is 0 Å². The minimum atomic E-state index is -0.916. The molecule has 17 heavy (non-hydrogen) atoms. The van der Waals surface area contributed by atoms with Crippen LogP contribution in [0, 0.1) is 5.41 Å². The zero-order valence-electron chi connectivity index (χ0n) is 10.5. The van der Waals surface area contributed by atoms with Crippen molar-refractivity contribution in [2.24, 2.45) is 5.41 Å². The molecule has 0 aromatic carbocycles. The molecule has 0 radical (unpaired) electrons. The van der Waals surface area contributed by atoms with Crippen molar-refractivity contribution >= 4 is 17.8 Å². The highest BCUT2D eigenvalue weighted by Gasteiger charge is 2.24. The standard InChI is InChI=1S/C11H20N2O4/c1-8(14)12-4-5-13-9(15)6-11(2,3)7-10(16)17/h4-7H2,1-3H3,(H,12,14)(H,13,15)(H,16,17). The first-order valence-corrected chi connectivity index (χ1v) is 5.46. The maximum Gasteiger partial charge on any atom is 0.303 e. The lowest BCUT2D eigenvalue weighted by atomic mass is 9.85. The number of carbonyl (C=O) groups excluding carboxylic acids is 2. The second-order valence-electron chi connectivity index (χ2n) is 4.74. The Morgan fingerprint density at radius 1 is 1.06 bits per heavy atom. The second-order valence-corrected chi connectivity index (χ2v) is 4.74. The average Bonchev–Trinajstić information content (AvgIpc) is 2.08. The number of rotatable bonds is 7. The zero-order valence-corrected chi connectivity index (χ0v) is 10.5. The molecule has 0 heterocycles. The van der Waals surface area contributed by atoms with Crippen molar-refractivity contribution in [1.82, 2.24) is 10.6 Å². The summed E-state index contributed by atoms with van der Waals surface area (Å²) in [6, 6.07) is 0. The van der Waals surface area contributed by atoms with Gasteiger partial charge in [0.15, 0.2) is 0 Å². The Labute approximate surface area is 101 Å². The van der Waals surface area contributed by atoms with E-state index in [4.69, 9.17) is 5.11 Å². The second kappa shape index (κ2) is 6.88. The highest BCUT2D eigenvalue weighted by atomic mass is 16.4. The topological polar surface area (TPSA) is 95.5 Å². The molecule has 0 aliphatic rings. The van der Waals surface area contributed by atoms with Gasteiger partial charge in [-0.05, 0) is 5.41 Å². The van der Waals surface area contributed by atoms with Crippen molar-refractivity contribution in [3.63, 3.8) is 0 Å². The van der Waals surface area contributed by atoms with E-state index in [1.807, 2.05) is 0 Å². The number of amides is 2. The Morgan fingerprint density at radius 3 is 2.06 bits per heavy atom. The molecule has 0 saturated heterocycles. The maximum absolute atomic E-state index is 11.5. The molecule has 3 N–H and O–H groups in total. The fourth-order valence-electron chi connectivity index (χ4n) is 1.41. The van der Waals surface area contributed by atoms with Crippen LogP contribution in [0.5, 0.6) is 0 Å². The Hall–Kier alpha value is -1.59. The number of carbonyl (C=O) groups is 3. The van der Waals surface area contributed by atoms with Crippen molar-refractivity contribution in [2.75, 3.05) is 13.1 Å². The number of nitrogens with one attached hydrogen (secondary N) is 2. The largest absolute Gasteiger partial charge is 0.481 e. The predicted octanol–water partition coefficient (Wildman–Crippen LogP) is 0.130. The predicted molar refractivity (Wildman–Crippen MR) is 62.3 cm³/mol. The molecule has 0 unspecified atom stereocenters. The Balaban J connectivity index is 3.85. The fourth-order valence-corrected chi connectivity index (χ4v) is 1.41. The Bertz CT molecular complexity index is 300. The van der Waals surface area contributed by atoms with E-state index in [1.165, 1.54) is 6.92 Å². The third kappa shape index (κ3) is 9.35. The zero-order chi connectivity index (χ0) is 13.5. The van der Waals surface area contributed by atoms with Crippen LogP contribution in [0.2, 0.25) is 0 Å². The van der Waals surface area contributed by atoms with Gasteiger partial charge in [0.1, 0.15) is 0 Å². The van der Waals surface area contributed by atoms with E-state index in [0.29, 0.717) is 13.1 Å². The smallest absolute Gasteiger partial charge is 0.303 e. The molecule has 98 valence electrons. The van der Waals surface area contributed by atoms with Gasteiger partial charge in [-0.1, -0.05) is 13.8 Å². The highest BCUT2D eigenvalue weighted by molar-refractivity contribution is 5.78. The van der Waals surface area contributed by atoms with E-state index in [0.717, 1.165) is 0 Å². The average molecular weight is 244 g/mol. The van der Waals surface area contributed by atoms with Gasteiger partial charge >= 0.3 is 5.97 Å². The van der Waals surface area contributed by atoms with E-state index in [9.17, 15) is 14.4 Å². The van der Waals surface area contributed by atoms with Gasteiger partial charge in [0.25, 0.3) is 0 Å². The van der Waals surface area contributed by atoms with Gasteiger partial charge in [-0.3, -0.25) is 14.4 Å². The van der Waals surface area contributed by atoms with Crippen molar-refractivity contribution in [1.29, 1.82) is 0 Å². The molecule has 0 aromatic rings. The van der Waals surface area contributed by atoms with Gasteiger partial charge in [-0.25, -0.2) is 0 Å². The molecule has 0 bridgehead atoms. The third-order valence-electron chi connectivity index (χ3n) is 2.09. The summed E-state index contributed by atoms with van der Waals surface area (Å²) in [5.74, 6) is -1.27. The summed E-state index contributed by atoms with van der Waals surface area (Å²) in [4.78, 5) is 32.6. The van der Waals surface area contributed by atoms with Crippen LogP contribution in [0.3, 0.4) is 0 Å². The van der Waals surface area contributed by atoms with Crippen LogP contribution in [0.1, 0.15) is 33.6 Å². The molecular weight excluding hydrogens is 224 g/mol. The van der Waals surface area contributed by atoms with Crippen molar-refractivity contribution in [2.45, 2.75) is 33.6 Å². The Kier molecular flexibility index (Phi) is 6.23. The van der Waals surface area contributed by atoms with Crippen LogP contribution in [0.25, 0.3) is 0 Å². The summed E-state index contributed by atoms with van der Waals surface area (Å²) in [6.45, 7) is 5.59. The molecule has 0 rings (SSSR count). The molecule has 0 fully saturated rings. The summed E-state index contributed by atoms with van der Waals surface area (Å²) in [7, 11) is 0. The van der Waals surface area contributed by atoms with Gasteiger partial charge in [0.05, 0.1) is 6.42 Å². The summed E-state index contributed by atoms with van der Waals surface area (Å²) in [5, 5.41) is 13.8. The van der Waals surface area contributed by atoms with Crippen LogP contribution in [-0.4, -0.2) is 36.0 Å². The van der Waals surface area contributed by atoms with Crippen LogP contribution in [-0.2, 0) is 14.4 Å². The molecule has 6 nitrogen and oxygen atoms in total. The number of hydrogen-bond acceptors (Lipinski definition) is 3. The van der Waals surface area contributed by atoms with Crippen LogP contribution in [0.4, 0.5) is 0 Å². The molecule has 0 atom stereocenters. The first-order chi connectivity index (χ1) is 7.73. The van der Waals surface area contributed by atoms with Gasteiger partial charge in [-0.15, -0.1) is 0 Å².